The van der Waals surface area contributed by atoms with E-state index in [1.807, 2.05) is 0 Å². The van der Waals surface area contributed by atoms with Crippen LogP contribution in [0.2, 0.25) is 10.0 Å². The van der Waals surface area contributed by atoms with Gasteiger partial charge in [-0.15, -0.1) is 0 Å². The Morgan fingerprint density at radius 3 is 2.80 bits per heavy atom. The summed E-state index contributed by atoms with van der Waals surface area (Å²) in [6.45, 7) is 1.57. The predicted molar refractivity (Wildman–Crippen MR) is 93.6 cm³/mol. The number of esters is 1. The number of aryl methyl sites for hydroxylation is 1. The van der Waals surface area contributed by atoms with Gasteiger partial charge in [-0.3, -0.25) is 14.4 Å². The van der Waals surface area contributed by atoms with E-state index in [1.54, 1.807) is 6.92 Å². The number of likely N-dealkylation sites (tertiary alicyclic amines) is 1. The van der Waals surface area contributed by atoms with Crippen molar-refractivity contribution in [3.63, 3.8) is 0 Å². The fraction of sp³-hybridized carbons (Fsp3) is 0.500. The van der Waals surface area contributed by atoms with Crippen LogP contribution >= 0.6 is 23.2 Å². The van der Waals surface area contributed by atoms with Crippen LogP contribution in [-0.2, 0) is 19.1 Å². The molecule has 0 radical (unpaired) electrons. The van der Waals surface area contributed by atoms with Crippen LogP contribution in [0, 0.1) is 6.92 Å². The van der Waals surface area contributed by atoms with Crippen molar-refractivity contribution in [1.29, 1.82) is 0 Å². The lowest BCUT2D eigenvalue weighted by molar-refractivity contribution is -0.151. The first-order valence-electron chi connectivity index (χ1n) is 7.92. The summed E-state index contributed by atoms with van der Waals surface area (Å²) in [5, 5.41) is 3.03. The van der Waals surface area contributed by atoms with Gasteiger partial charge in [-0.1, -0.05) is 29.6 Å². The number of rotatable bonds is 5. The molecule has 0 saturated carbocycles. The monoisotopic (exact) mass is 387 g/mol. The topological polar surface area (TPSA) is 88.6 Å². The van der Waals surface area contributed by atoms with Gasteiger partial charge < -0.3 is 15.0 Å². The molecule has 1 aliphatic rings. The van der Waals surface area contributed by atoms with Gasteiger partial charge in [0.15, 0.2) is 12.4 Å². The molecule has 136 valence electrons. The van der Waals surface area contributed by atoms with Crippen LogP contribution in [0.5, 0.6) is 0 Å². The highest BCUT2D eigenvalue weighted by Crippen LogP contribution is 2.25. The number of anilines is 1. The maximum atomic E-state index is 11.9. The Morgan fingerprint density at radius 2 is 2.04 bits per heavy atom. The van der Waals surface area contributed by atoms with E-state index in [9.17, 15) is 14.4 Å². The van der Waals surface area contributed by atoms with Crippen molar-refractivity contribution in [2.24, 2.45) is 0 Å². The number of carbonyl (C=O) groups excluding carboxylic acids is 3. The van der Waals surface area contributed by atoms with E-state index < -0.39 is 18.5 Å². The first kappa shape index (κ1) is 19.5. The summed E-state index contributed by atoms with van der Waals surface area (Å²) in [4.78, 5) is 41.1. The van der Waals surface area contributed by atoms with Crippen LogP contribution in [0.25, 0.3) is 0 Å². The highest BCUT2D eigenvalue weighted by atomic mass is 35.5. The standard InChI is InChI=1S/C16H19Cl2N3O4/c1-10-11(17)7-12(18)16(19-10)20-13(22)9-25-15(24)8-21-6-4-2-3-5-14(21)23/h7H,2-6,8-9H2,1H3,(H,19,20,22). The Balaban J connectivity index is 1.82. The predicted octanol–water partition coefficient (Wildman–Crippen LogP) is 2.58. The molecule has 0 atom stereocenters. The van der Waals surface area contributed by atoms with Gasteiger partial charge in [0, 0.05) is 13.0 Å². The van der Waals surface area contributed by atoms with Crippen molar-refractivity contribution in [2.75, 3.05) is 25.0 Å². The van der Waals surface area contributed by atoms with E-state index in [2.05, 4.69) is 10.3 Å². The number of hydrogen-bond acceptors (Lipinski definition) is 5. The summed E-state index contributed by atoms with van der Waals surface area (Å²) in [5.41, 5.74) is 0.512. The summed E-state index contributed by atoms with van der Waals surface area (Å²) in [6, 6.07) is 1.47. The fourth-order valence-corrected chi connectivity index (χ4v) is 2.77. The number of pyridine rings is 1. The second-order valence-electron chi connectivity index (χ2n) is 5.72. The third-order valence-electron chi connectivity index (χ3n) is 3.72. The SMILES string of the molecule is Cc1nc(NC(=O)COC(=O)CN2CCCCCC2=O)c(Cl)cc1Cl. The van der Waals surface area contributed by atoms with Crippen LogP contribution in [0.15, 0.2) is 6.07 Å². The summed E-state index contributed by atoms with van der Waals surface area (Å²) < 4.78 is 4.92. The molecule has 2 heterocycles. The smallest absolute Gasteiger partial charge is 0.326 e. The van der Waals surface area contributed by atoms with E-state index in [0.29, 0.717) is 23.7 Å². The highest BCUT2D eigenvalue weighted by Gasteiger charge is 2.20. The van der Waals surface area contributed by atoms with Crippen molar-refractivity contribution in [3.05, 3.63) is 21.8 Å². The Bertz CT molecular complexity index is 682. The Morgan fingerprint density at radius 1 is 1.28 bits per heavy atom. The molecule has 25 heavy (non-hydrogen) atoms. The molecule has 0 aliphatic carbocycles. The Kier molecular flexibility index (Phi) is 7.01. The minimum Gasteiger partial charge on any atom is -0.454 e. The van der Waals surface area contributed by atoms with Gasteiger partial charge in [-0.2, -0.15) is 0 Å². The molecular formula is C16H19Cl2N3O4. The lowest BCUT2D eigenvalue weighted by Gasteiger charge is -2.19. The van der Waals surface area contributed by atoms with Crippen LogP contribution in [0.1, 0.15) is 31.4 Å². The van der Waals surface area contributed by atoms with Crippen molar-refractivity contribution in [2.45, 2.75) is 32.6 Å². The van der Waals surface area contributed by atoms with E-state index in [1.165, 1.54) is 11.0 Å². The molecule has 1 aromatic heterocycles. The largest absolute Gasteiger partial charge is 0.454 e. The molecule has 0 unspecified atom stereocenters. The zero-order valence-electron chi connectivity index (χ0n) is 13.8. The molecule has 2 rings (SSSR count). The highest BCUT2D eigenvalue weighted by molar-refractivity contribution is 6.36. The van der Waals surface area contributed by atoms with E-state index >= 15 is 0 Å². The second kappa shape index (κ2) is 9.01. The Hall–Kier alpha value is -1.86. The normalized spacial score (nSPS) is 14.8. The minimum atomic E-state index is -0.628. The summed E-state index contributed by atoms with van der Waals surface area (Å²) in [6.07, 6.45) is 3.10. The molecule has 1 aromatic rings. The van der Waals surface area contributed by atoms with Crippen molar-refractivity contribution in [3.8, 4) is 0 Å². The molecular weight excluding hydrogens is 369 g/mol. The van der Waals surface area contributed by atoms with Crippen molar-refractivity contribution in [1.82, 2.24) is 9.88 Å². The number of hydrogen-bond donors (Lipinski definition) is 1. The van der Waals surface area contributed by atoms with Gasteiger partial charge in [-0.25, -0.2) is 4.98 Å². The molecule has 0 aromatic carbocycles. The average molecular weight is 388 g/mol. The van der Waals surface area contributed by atoms with Gasteiger partial charge in [0.25, 0.3) is 5.91 Å². The zero-order valence-corrected chi connectivity index (χ0v) is 15.3. The van der Waals surface area contributed by atoms with Crippen LogP contribution in [0.4, 0.5) is 5.82 Å². The number of nitrogens with zero attached hydrogens (tertiary/aromatic N) is 2. The average Bonchev–Trinajstić information content (AvgIpc) is 2.75. The molecule has 9 heteroatoms. The van der Waals surface area contributed by atoms with Crippen LogP contribution < -0.4 is 5.32 Å². The number of ether oxygens (including phenoxy) is 1. The van der Waals surface area contributed by atoms with Gasteiger partial charge in [-0.05, 0) is 25.8 Å². The molecule has 1 N–H and O–H groups in total. The van der Waals surface area contributed by atoms with E-state index in [0.717, 1.165) is 19.3 Å². The van der Waals surface area contributed by atoms with Gasteiger partial charge in [0.1, 0.15) is 6.54 Å². The zero-order chi connectivity index (χ0) is 18.4. The number of nitrogens with one attached hydrogen (secondary N) is 1. The van der Waals surface area contributed by atoms with Crippen LogP contribution in [0.3, 0.4) is 0 Å². The van der Waals surface area contributed by atoms with Crippen molar-refractivity contribution < 1.29 is 19.1 Å². The summed E-state index contributed by atoms with van der Waals surface area (Å²) in [5.74, 6) is -1.12. The van der Waals surface area contributed by atoms with Gasteiger partial charge in [0.2, 0.25) is 5.91 Å². The lowest BCUT2D eigenvalue weighted by Crippen LogP contribution is -2.36. The summed E-state index contributed by atoms with van der Waals surface area (Å²) >= 11 is 11.8. The third-order valence-corrected chi connectivity index (χ3v) is 4.39. The van der Waals surface area contributed by atoms with Gasteiger partial charge in [0.05, 0.1) is 15.7 Å². The molecule has 7 nitrogen and oxygen atoms in total. The third kappa shape index (κ3) is 5.86. The maximum absolute atomic E-state index is 11.9. The quantitative estimate of drug-likeness (QED) is 0.784. The minimum absolute atomic E-state index is 0.0634. The van der Waals surface area contributed by atoms with Gasteiger partial charge >= 0.3 is 5.97 Å². The second-order valence-corrected chi connectivity index (χ2v) is 6.54. The van der Waals surface area contributed by atoms with E-state index in [4.69, 9.17) is 27.9 Å². The molecule has 2 amide bonds. The lowest BCUT2D eigenvalue weighted by atomic mass is 10.2. The summed E-state index contributed by atoms with van der Waals surface area (Å²) in [7, 11) is 0. The molecule has 1 saturated heterocycles. The number of aromatic nitrogens is 1. The number of carbonyl (C=O) groups is 3. The van der Waals surface area contributed by atoms with Crippen LogP contribution in [-0.4, -0.2) is 47.4 Å². The first-order valence-corrected chi connectivity index (χ1v) is 8.68. The maximum Gasteiger partial charge on any atom is 0.326 e. The number of amides is 2. The Labute approximate surface area is 155 Å². The fourth-order valence-electron chi connectivity index (χ4n) is 2.37. The molecule has 0 bridgehead atoms. The molecule has 0 spiro atoms. The number of halogens is 2. The molecule has 1 fully saturated rings. The first-order chi connectivity index (χ1) is 11.9. The van der Waals surface area contributed by atoms with Crippen molar-refractivity contribution >= 4 is 46.8 Å². The van der Waals surface area contributed by atoms with E-state index in [-0.39, 0.29) is 23.3 Å². The molecule has 1 aliphatic heterocycles.